The Morgan fingerprint density at radius 3 is 2.75 bits per heavy atom. The van der Waals surface area contributed by atoms with Crippen LogP contribution in [-0.4, -0.2) is 24.1 Å². The summed E-state index contributed by atoms with van der Waals surface area (Å²) < 4.78 is 3.38. The fourth-order valence-corrected chi connectivity index (χ4v) is 2.42. The van der Waals surface area contributed by atoms with Crippen molar-refractivity contribution in [1.82, 2.24) is 24.1 Å². The second-order valence-corrected chi connectivity index (χ2v) is 4.78. The number of rotatable bonds is 3. The zero-order valence-corrected chi connectivity index (χ0v) is 11.8. The van der Waals surface area contributed by atoms with E-state index in [2.05, 4.69) is 22.0 Å². The van der Waals surface area contributed by atoms with Crippen LogP contribution in [-0.2, 0) is 12.8 Å². The maximum absolute atomic E-state index is 12.4. The first kappa shape index (κ1) is 12.7. The van der Waals surface area contributed by atoms with E-state index in [-0.39, 0.29) is 5.56 Å². The van der Waals surface area contributed by atoms with Crippen LogP contribution in [0.1, 0.15) is 30.8 Å². The van der Waals surface area contributed by atoms with Crippen molar-refractivity contribution < 1.29 is 0 Å². The van der Waals surface area contributed by atoms with Gasteiger partial charge in [0.15, 0.2) is 5.65 Å². The van der Waals surface area contributed by atoms with Gasteiger partial charge in [0, 0.05) is 23.7 Å². The highest BCUT2D eigenvalue weighted by Crippen LogP contribution is 2.14. The number of nitrogens with one attached hydrogen (secondary N) is 1. The second kappa shape index (κ2) is 4.63. The van der Waals surface area contributed by atoms with Crippen molar-refractivity contribution in [2.75, 3.05) is 0 Å². The van der Waals surface area contributed by atoms with E-state index in [0.717, 1.165) is 29.1 Å². The quantitative estimate of drug-likeness (QED) is 0.787. The van der Waals surface area contributed by atoms with Crippen molar-refractivity contribution in [2.45, 2.75) is 33.6 Å². The summed E-state index contributed by atoms with van der Waals surface area (Å²) in [5.41, 5.74) is 3.97. The van der Waals surface area contributed by atoms with Crippen LogP contribution in [0, 0.1) is 6.92 Å². The van der Waals surface area contributed by atoms with Crippen molar-refractivity contribution in [3.63, 3.8) is 0 Å². The summed E-state index contributed by atoms with van der Waals surface area (Å²) in [7, 11) is 0. The van der Waals surface area contributed by atoms with Crippen LogP contribution in [0.4, 0.5) is 0 Å². The third-order valence-electron chi connectivity index (χ3n) is 3.57. The van der Waals surface area contributed by atoms with Gasteiger partial charge in [0.1, 0.15) is 5.69 Å². The molecule has 0 saturated heterocycles. The zero-order chi connectivity index (χ0) is 14.3. The average molecular weight is 271 g/mol. The third-order valence-corrected chi connectivity index (χ3v) is 3.57. The molecule has 3 aromatic heterocycles. The van der Waals surface area contributed by atoms with Gasteiger partial charge in [0.25, 0.3) is 5.56 Å². The number of hydrogen-bond donors (Lipinski definition) is 1. The summed E-state index contributed by atoms with van der Waals surface area (Å²) >= 11 is 0. The number of nitrogens with zero attached hydrogens (tertiary/aromatic N) is 4. The minimum Gasteiger partial charge on any atom is -0.301 e. The van der Waals surface area contributed by atoms with Crippen molar-refractivity contribution in [1.29, 1.82) is 0 Å². The van der Waals surface area contributed by atoms with Gasteiger partial charge in [-0.3, -0.25) is 9.89 Å². The van der Waals surface area contributed by atoms with Crippen LogP contribution in [0.15, 0.2) is 23.5 Å². The molecule has 3 heterocycles. The molecular weight excluding hydrogens is 254 g/mol. The molecular formula is C14H17N5O. The lowest BCUT2D eigenvalue weighted by molar-refractivity contribution is 0.853. The number of imidazole rings is 1. The Bertz CT molecular complexity index is 824. The molecule has 0 saturated carbocycles. The first-order valence-electron chi connectivity index (χ1n) is 6.78. The molecule has 0 spiro atoms. The van der Waals surface area contributed by atoms with E-state index in [1.54, 1.807) is 12.5 Å². The molecule has 0 atom stereocenters. The minimum absolute atomic E-state index is 0.0305. The van der Waals surface area contributed by atoms with Gasteiger partial charge in [-0.15, -0.1) is 0 Å². The molecule has 0 aliphatic heterocycles. The SMILES string of the molecule is CCc1cn(-c2c[nH]n3c(=O)c(CC)c(C)nc23)cn1. The molecule has 0 unspecified atom stereocenters. The van der Waals surface area contributed by atoms with Gasteiger partial charge in [-0.1, -0.05) is 13.8 Å². The molecule has 0 fully saturated rings. The van der Waals surface area contributed by atoms with E-state index >= 15 is 0 Å². The summed E-state index contributed by atoms with van der Waals surface area (Å²) in [6.45, 7) is 5.90. The predicted octanol–water partition coefficient (Wildman–Crippen LogP) is 1.64. The summed E-state index contributed by atoms with van der Waals surface area (Å²) in [5, 5.41) is 2.98. The Balaban J connectivity index is 2.26. The van der Waals surface area contributed by atoms with Crippen molar-refractivity contribution in [3.05, 3.63) is 46.0 Å². The van der Waals surface area contributed by atoms with Crippen LogP contribution >= 0.6 is 0 Å². The Hall–Kier alpha value is -2.37. The summed E-state index contributed by atoms with van der Waals surface area (Å²) in [6, 6.07) is 0. The van der Waals surface area contributed by atoms with E-state index in [4.69, 9.17) is 0 Å². The van der Waals surface area contributed by atoms with E-state index in [1.165, 1.54) is 4.52 Å². The first-order chi connectivity index (χ1) is 9.65. The van der Waals surface area contributed by atoms with Gasteiger partial charge >= 0.3 is 0 Å². The number of fused-ring (bicyclic) bond motifs is 1. The average Bonchev–Trinajstić information content (AvgIpc) is 3.04. The Morgan fingerprint density at radius 1 is 1.30 bits per heavy atom. The predicted molar refractivity (Wildman–Crippen MR) is 76.4 cm³/mol. The van der Waals surface area contributed by atoms with Crippen LogP contribution in [0.3, 0.4) is 0 Å². The number of aryl methyl sites for hydroxylation is 2. The topological polar surface area (TPSA) is 68.0 Å². The molecule has 6 nitrogen and oxygen atoms in total. The highest BCUT2D eigenvalue weighted by Gasteiger charge is 2.13. The lowest BCUT2D eigenvalue weighted by Crippen LogP contribution is -2.21. The normalized spacial score (nSPS) is 11.3. The fourth-order valence-electron chi connectivity index (χ4n) is 2.42. The van der Waals surface area contributed by atoms with E-state index in [0.29, 0.717) is 12.1 Å². The second-order valence-electron chi connectivity index (χ2n) is 4.78. The van der Waals surface area contributed by atoms with E-state index < -0.39 is 0 Å². The smallest absolute Gasteiger partial charge is 0.276 e. The summed E-state index contributed by atoms with van der Waals surface area (Å²) in [4.78, 5) is 21.2. The number of H-pyrrole nitrogens is 1. The highest BCUT2D eigenvalue weighted by molar-refractivity contribution is 5.58. The van der Waals surface area contributed by atoms with Gasteiger partial charge in [-0.2, -0.15) is 4.52 Å². The van der Waals surface area contributed by atoms with E-state index in [9.17, 15) is 4.79 Å². The Labute approximate surface area is 116 Å². The van der Waals surface area contributed by atoms with Gasteiger partial charge < -0.3 is 4.57 Å². The highest BCUT2D eigenvalue weighted by atomic mass is 16.1. The maximum Gasteiger partial charge on any atom is 0.276 e. The van der Waals surface area contributed by atoms with Gasteiger partial charge in [0.05, 0.1) is 12.0 Å². The maximum atomic E-state index is 12.4. The Kier molecular flexibility index (Phi) is 2.93. The molecule has 3 rings (SSSR count). The zero-order valence-electron chi connectivity index (χ0n) is 11.8. The molecule has 6 heteroatoms. The largest absolute Gasteiger partial charge is 0.301 e. The molecule has 0 aliphatic carbocycles. The van der Waals surface area contributed by atoms with Crippen molar-refractivity contribution in [2.24, 2.45) is 0 Å². The molecule has 0 radical (unpaired) electrons. The number of hydrogen-bond acceptors (Lipinski definition) is 3. The van der Waals surface area contributed by atoms with Crippen LogP contribution in [0.25, 0.3) is 11.3 Å². The van der Waals surface area contributed by atoms with E-state index in [1.807, 2.05) is 24.6 Å². The molecule has 0 amide bonds. The third kappa shape index (κ3) is 1.76. The molecule has 0 aliphatic rings. The number of aromatic nitrogens is 5. The van der Waals surface area contributed by atoms with Crippen LogP contribution in [0.2, 0.25) is 0 Å². The molecule has 3 aromatic rings. The lowest BCUT2D eigenvalue weighted by Gasteiger charge is -2.04. The molecule has 104 valence electrons. The monoisotopic (exact) mass is 271 g/mol. The van der Waals surface area contributed by atoms with Gasteiger partial charge in [0.2, 0.25) is 0 Å². The van der Waals surface area contributed by atoms with Gasteiger partial charge in [-0.25, -0.2) is 9.97 Å². The molecule has 0 bridgehead atoms. The van der Waals surface area contributed by atoms with Crippen LogP contribution < -0.4 is 5.56 Å². The molecule has 20 heavy (non-hydrogen) atoms. The molecule has 1 N–H and O–H groups in total. The minimum atomic E-state index is -0.0305. The molecule has 0 aromatic carbocycles. The lowest BCUT2D eigenvalue weighted by atomic mass is 10.2. The fraction of sp³-hybridized carbons (Fsp3) is 0.357. The Morgan fingerprint density at radius 2 is 2.10 bits per heavy atom. The number of aromatic amines is 1. The first-order valence-corrected chi connectivity index (χ1v) is 6.78. The van der Waals surface area contributed by atoms with Crippen LogP contribution in [0.5, 0.6) is 0 Å². The van der Waals surface area contributed by atoms with Gasteiger partial charge in [-0.05, 0) is 19.8 Å². The summed E-state index contributed by atoms with van der Waals surface area (Å²) in [5.74, 6) is 0. The van der Waals surface area contributed by atoms with Crippen molar-refractivity contribution >= 4 is 5.65 Å². The van der Waals surface area contributed by atoms with Crippen molar-refractivity contribution in [3.8, 4) is 5.69 Å². The summed E-state index contributed by atoms with van der Waals surface area (Å²) in [6.07, 6.45) is 7.04. The standard InChI is InChI=1S/C14H17N5O/c1-4-10-7-18(8-15-10)12-6-16-19-13(12)17-9(3)11(5-2)14(19)20/h6-8,16H,4-5H2,1-3H3.